The van der Waals surface area contributed by atoms with E-state index in [9.17, 15) is 5.11 Å². The van der Waals surface area contributed by atoms with Crippen LogP contribution in [0, 0.1) is 0 Å². The maximum Gasteiger partial charge on any atom is 0.0660 e. The Balaban J connectivity index is 3.99. The first-order valence-corrected chi connectivity index (χ1v) is 7.56. The minimum Gasteiger partial charge on any atom is -0.395 e. The molecule has 0 rings (SSSR count). The van der Waals surface area contributed by atoms with Crippen LogP contribution in [0.1, 0.15) is 26.7 Å². The molecule has 1 N–H and O–H groups in total. The zero-order chi connectivity index (χ0) is 13.3. The highest BCUT2D eigenvalue weighted by molar-refractivity contribution is 7.13. The quantitative estimate of drug-likeness (QED) is 0.621. The second-order valence-corrected chi connectivity index (χ2v) is 5.78. The summed E-state index contributed by atoms with van der Waals surface area (Å²) in [7, 11) is 7.77. The molecule has 0 spiro atoms. The van der Waals surface area contributed by atoms with Crippen LogP contribution in [0.5, 0.6) is 0 Å². The summed E-state index contributed by atoms with van der Waals surface area (Å²) in [6, 6.07) is 0.654. The molecule has 0 aliphatic carbocycles. The van der Waals surface area contributed by atoms with E-state index in [0.717, 1.165) is 32.5 Å². The molecular formula is C10H27N2O2P3. The van der Waals surface area contributed by atoms with Crippen molar-refractivity contribution >= 4 is 28.2 Å². The molecule has 0 amide bonds. The van der Waals surface area contributed by atoms with E-state index in [1.807, 2.05) is 0 Å². The molecule has 5 atom stereocenters. The molecule has 0 aliphatic heterocycles. The standard InChI is InChI=1S/C10H27N2O2P3/c1-3-9(7-13)11(15)5-6-12(16)10(4-2)8-14-17/h9-10,13H,3-8,15-17H2,1-2H3. The highest BCUT2D eigenvalue weighted by Gasteiger charge is 2.16. The lowest BCUT2D eigenvalue weighted by Gasteiger charge is -2.30. The van der Waals surface area contributed by atoms with Crippen molar-refractivity contribution in [2.24, 2.45) is 0 Å². The van der Waals surface area contributed by atoms with Crippen LogP contribution in [0.2, 0.25) is 0 Å². The number of hydrogen-bond donors (Lipinski definition) is 1. The van der Waals surface area contributed by atoms with Gasteiger partial charge in [-0.25, -0.2) is 0 Å². The van der Waals surface area contributed by atoms with Crippen LogP contribution in [0.15, 0.2) is 0 Å². The van der Waals surface area contributed by atoms with E-state index in [2.05, 4.69) is 51.4 Å². The molecule has 0 heterocycles. The van der Waals surface area contributed by atoms with E-state index in [0.29, 0.717) is 6.04 Å². The van der Waals surface area contributed by atoms with Gasteiger partial charge in [-0.05, 0) is 12.8 Å². The Morgan fingerprint density at radius 2 is 1.53 bits per heavy atom. The van der Waals surface area contributed by atoms with Crippen molar-refractivity contribution < 1.29 is 9.63 Å². The number of rotatable bonds is 10. The summed E-state index contributed by atoms with van der Waals surface area (Å²) in [4.78, 5) is 0. The molecule has 7 heteroatoms. The minimum atomic E-state index is 0.211. The maximum atomic E-state index is 9.20. The summed E-state index contributed by atoms with van der Waals surface area (Å²) in [6.07, 6.45) is 2.02. The highest BCUT2D eigenvalue weighted by atomic mass is 31.0. The molecular weight excluding hydrogens is 273 g/mol. The fourth-order valence-electron chi connectivity index (χ4n) is 1.62. The van der Waals surface area contributed by atoms with E-state index < -0.39 is 0 Å². The highest BCUT2D eigenvalue weighted by Crippen LogP contribution is 2.14. The van der Waals surface area contributed by atoms with Crippen LogP contribution < -0.4 is 0 Å². The predicted octanol–water partition coefficient (Wildman–Crippen LogP) is 1.53. The van der Waals surface area contributed by atoms with E-state index in [1.54, 1.807) is 0 Å². The molecule has 0 fully saturated rings. The molecule has 0 aromatic carbocycles. The van der Waals surface area contributed by atoms with Crippen molar-refractivity contribution in [3.8, 4) is 0 Å². The second kappa shape index (κ2) is 11.0. The first-order chi connectivity index (χ1) is 8.10. The Labute approximate surface area is 113 Å². The fourth-order valence-corrected chi connectivity index (χ4v) is 2.68. The van der Waals surface area contributed by atoms with Crippen molar-refractivity contribution in [3.05, 3.63) is 0 Å². The maximum absolute atomic E-state index is 9.20. The third kappa shape index (κ3) is 7.33. The predicted molar refractivity (Wildman–Crippen MR) is 83.7 cm³/mol. The van der Waals surface area contributed by atoms with Crippen molar-refractivity contribution in [3.63, 3.8) is 0 Å². The van der Waals surface area contributed by atoms with Gasteiger partial charge in [-0.3, -0.25) is 9.34 Å². The minimum absolute atomic E-state index is 0.211. The van der Waals surface area contributed by atoms with Crippen LogP contribution >= 0.6 is 28.2 Å². The summed E-state index contributed by atoms with van der Waals surface area (Å²) in [5, 5.41) is 9.20. The van der Waals surface area contributed by atoms with Gasteiger partial charge < -0.3 is 9.63 Å². The van der Waals surface area contributed by atoms with Gasteiger partial charge in [-0.2, -0.15) is 0 Å². The number of nitrogens with zero attached hydrogens (tertiary/aromatic N) is 2. The van der Waals surface area contributed by atoms with Gasteiger partial charge >= 0.3 is 0 Å². The lowest BCUT2D eigenvalue weighted by molar-refractivity contribution is 0.175. The molecule has 17 heavy (non-hydrogen) atoms. The first-order valence-electron chi connectivity index (χ1n) is 6.05. The molecule has 104 valence electrons. The van der Waals surface area contributed by atoms with Crippen molar-refractivity contribution in [1.29, 1.82) is 0 Å². The second-order valence-electron chi connectivity index (χ2n) is 4.12. The Kier molecular flexibility index (Phi) is 11.7. The molecule has 0 saturated carbocycles. The summed E-state index contributed by atoms with van der Waals surface area (Å²) < 4.78 is 9.47. The van der Waals surface area contributed by atoms with Gasteiger partial charge in [0.15, 0.2) is 0 Å². The van der Waals surface area contributed by atoms with Gasteiger partial charge in [0.25, 0.3) is 0 Å². The van der Waals surface area contributed by atoms with Crippen LogP contribution in [0.25, 0.3) is 0 Å². The fraction of sp³-hybridized carbons (Fsp3) is 1.00. The molecule has 4 nitrogen and oxygen atoms in total. The average molecular weight is 300 g/mol. The van der Waals surface area contributed by atoms with Gasteiger partial charge in [0, 0.05) is 34.6 Å². The Bertz CT molecular complexity index is 185. The van der Waals surface area contributed by atoms with Crippen LogP contribution in [-0.2, 0) is 4.52 Å². The van der Waals surface area contributed by atoms with Crippen LogP contribution in [0.4, 0.5) is 0 Å². The van der Waals surface area contributed by atoms with Gasteiger partial charge in [-0.1, -0.05) is 32.6 Å². The van der Waals surface area contributed by atoms with Gasteiger partial charge in [-0.15, -0.1) is 0 Å². The molecule has 0 aliphatic rings. The van der Waals surface area contributed by atoms with Crippen molar-refractivity contribution in [1.82, 2.24) is 9.34 Å². The summed E-state index contributed by atoms with van der Waals surface area (Å²) in [5.74, 6) is 0. The zero-order valence-corrected chi connectivity index (χ0v) is 14.3. The van der Waals surface area contributed by atoms with Crippen LogP contribution in [-0.4, -0.2) is 52.8 Å². The molecule has 5 unspecified atom stereocenters. The average Bonchev–Trinajstić information content (AvgIpc) is 2.34. The van der Waals surface area contributed by atoms with E-state index in [-0.39, 0.29) is 12.6 Å². The largest absolute Gasteiger partial charge is 0.395 e. The molecule has 0 saturated heterocycles. The van der Waals surface area contributed by atoms with Gasteiger partial charge in [0.05, 0.1) is 13.2 Å². The van der Waals surface area contributed by atoms with Crippen molar-refractivity contribution in [2.75, 3.05) is 26.3 Å². The van der Waals surface area contributed by atoms with Gasteiger partial charge in [0.2, 0.25) is 0 Å². The summed E-state index contributed by atoms with van der Waals surface area (Å²) >= 11 is 0. The van der Waals surface area contributed by atoms with E-state index in [4.69, 9.17) is 4.52 Å². The Morgan fingerprint density at radius 1 is 1.06 bits per heavy atom. The summed E-state index contributed by atoms with van der Waals surface area (Å²) in [6.45, 7) is 7.04. The van der Waals surface area contributed by atoms with E-state index in [1.165, 1.54) is 0 Å². The SMILES string of the molecule is CCC(CO)N(P)CCN(P)C(CC)COP. The Hall–Kier alpha value is 1.13. The van der Waals surface area contributed by atoms with Crippen molar-refractivity contribution in [2.45, 2.75) is 38.8 Å². The lowest BCUT2D eigenvalue weighted by Crippen LogP contribution is -2.38. The summed E-state index contributed by atoms with van der Waals surface area (Å²) in [5.41, 5.74) is 0. The first kappa shape index (κ1) is 18.1. The zero-order valence-electron chi connectivity index (χ0n) is 10.9. The monoisotopic (exact) mass is 300 g/mol. The normalized spacial score (nSPS) is 15.5. The lowest BCUT2D eigenvalue weighted by atomic mass is 10.2. The third-order valence-corrected chi connectivity index (χ3v) is 4.55. The molecule has 0 aromatic rings. The third-order valence-electron chi connectivity index (χ3n) is 3.00. The van der Waals surface area contributed by atoms with Gasteiger partial charge in [0.1, 0.15) is 0 Å². The number of aliphatic hydroxyl groups is 1. The molecule has 0 aromatic heterocycles. The smallest absolute Gasteiger partial charge is 0.0660 e. The molecule has 0 bridgehead atoms. The number of hydrogen-bond acceptors (Lipinski definition) is 4. The molecule has 0 radical (unpaired) electrons. The topological polar surface area (TPSA) is 35.9 Å². The Morgan fingerprint density at radius 3 is 1.88 bits per heavy atom. The van der Waals surface area contributed by atoms with E-state index >= 15 is 0 Å². The number of aliphatic hydroxyl groups excluding tert-OH is 1. The van der Waals surface area contributed by atoms with Crippen LogP contribution in [0.3, 0.4) is 0 Å².